The number of benzene rings is 2. The molecule has 7 nitrogen and oxygen atoms in total. The van der Waals surface area contributed by atoms with Gasteiger partial charge in [0.15, 0.2) is 0 Å². The van der Waals surface area contributed by atoms with E-state index in [2.05, 4.69) is 51.6 Å². The van der Waals surface area contributed by atoms with E-state index in [-0.39, 0.29) is 5.91 Å². The minimum absolute atomic E-state index is 0.194. The van der Waals surface area contributed by atoms with Crippen LogP contribution in [-0.4, -0.2) is 35.6 Å². The largest absolute Gasteiger partial charge is 0.495 e. The predicted octanol–water partition coefficient (Wildman–Crippen LogP) is 3.98. The van der Waals surface area contributed by atoms with Crippen LogP contribution in [0.2, 0.25) is 0 Å². The standard InChI is InChI=1S/C26H26N4O3/c1-18-25(30-17-23(32-2)11-12-24(30)28-18)26(31)27-13-14-33-22-9-7-21(8-10-22)29-15-19-5-3-4-6-20(19)16-29/h3-12,17H,13-16H2,1-2H3,(H,27,31). The zero-order chi connectivity index (χ0) is 22.8. The number of aromatic nitrogens is 2. The molecule has 0 spiro atoms. The van der Waals surface area contributed by atoms with Gasteiger partial charge in [0, 0.05) is 18.8 Å². The maximum absolute atomic E-state index is 12.8. The molecule has 2 aromatic heterocycles. The number of aryl methyl sites for hydroxylation is 1. The van der Waals surface area contributed by atoms with E-state index in [0.29, 0.717) is 35.9 Å². The van der Waals surface area contributed by atoms with Crippen LogP contribution in [0.5, 0.6) is 11.5 Å². The number of hydrogen-bond acceptors (Lipinski definition) is 5. The fourth-order valence-corrected chi connectivity index (χ4v) is 4.22. The lowest BCUT2D eigenvalue weighted by molar-refractivity contribution is 0.0940. The smallest absolute Gasteiger partial charge is 0.270 e. The van der Waals surface area contributed by atoms with E-state index in [1.165, 1.54) is 16.8 Å². The van der Waals surface area contributed by atoms with Crippen LogP contribution in [0.25, 0.3) is 5.65 Å². The van der Waals surface area contributed by atoms with Gasteiger partial charge >= 0.3 is 0 Å². The summed E-state index contributed by atoms with van der Waals surface area (Å²) in [7, 11) is 1.60. The molecule has 1 aliphatic rings. The Balaban J connectivity index is 1.15. The molecule has 0 saturated heterocycles. The fourth-order valence-electron chi connectivity index (χ4n) is 4.22. The van der Waals surface area contributed by atoms with Crippen molar-refractivity contribution in [3.63, 3.8) is 0 Å². The van der Waals surface area contributed by atoms with Gasteiger partial charge in [0.2, 0.25) is 0 Å². The highest BCUT2D eigenvalue weighted by molar-refractivity contribution is 5.94. The van der Waals surface area contributed by atoms with Crippen molar-refractivity contribution < 1.29 is 14.3 Å². The highest BCUT2D eigenvalue weighted by atomic mass is 16.5. The molecule has 7 heteroatoms. The molecule has 0 radical (unpaired) electrons. The summed E-state index contributed by atoms with van der Waals surface area (Å²) in [4.78, 5) is 19.6. The predicted molar refractivity (Wildman–Crippen MR) is 127 cm³/mol. The first-order valence-corrected chi connectivity index (χ1v) is 11.0. The molecule has 168 valence electrons. The Morgan fingerprint density at radius 1 is 1.00 bits per heavy atom. The third kappa shape index (κ3) is 4.22. The van der Waals surface area contributed by atoms with Crippen LogP contribution in [0.4, 0.5) is 5.69 Å². The van der Waals surface area contributed by atoms with Crippen molar-refractivity contribution in [1.29, 1.82) is 0 Å². The topological polar surface area (TPSA) is 68.1 Å². The second kappa shape index (κ2) is 8.86. The second-order valence-corrected chi connectivity index (χ2v) is 8.07. The summed E-state index contributed by atoms with van der Waals surface area (Å²) in [6.07, 6.45) is 1.77. The summed E-state index contributed by atoms with van der Waals surface area (Å²) in [5.41, 5.74) is 5.81. The Kier molecular flexibility index (Phi) is 5.60. The Morgan fingerprint density at radius 3 is 2.39 bits per heavy atom. The number of pyridine rings is 1. The van der Waals surface area contributed by atoms with E-state index in [9.17, 15) is 4.79 Å². The molecular formula is C26H26N4O3. The normalized spacial score (nSPS) is 12.6. The van der Waals surface area contributed by atoms with E-state index in [0.717, 1.165) is 18.8 Å². The van der Waals surface area contributed by atoms with Crippen LogP contribution in [0, 0.1) is 6.92 Å². The van der Waals surface area contributed by atoms with Gasteiger partial charge in [-0.05, 0) is 54.4 Å². The lowest BCUT2D eigenvalue weighted by Gasteiger charge is -2.18. The van der Waals surface area contributed by atoms with Crippen LogP contribution in [0.1, 0.15) is 27.3 Å². The number of nitrogens with one attached hydrogen (secondary N) is 1. The molecule has 2 aromatic carbocycles. The first kappa shape index (κ1) is 20.9. The molecule has 0 unspecified atom stereocenters. The average Bonchev–Trinajstić information content (AvgIpc) is 3.42. The highest BCUT2D eigenvalue weighted by Crippen LogP contribution is 2.29. The quantitative estimate of drug-likeness (QED) is 0.439. The molecule has 0 bridgehead atoms. The molecular weight excluding hydrogens is 416 g/mol. The van der Waals surface area contributed by atoms with Crippen molar-refractivity contribution in [3.8, 4) is 11.5 Å². The number of amides is 1. The summed E-state index contributed by atoms with van der Waals surface area (Å²) in [5, 5.41) is 2.92. The fraction of sp³-hybridized carbons (Fsp3) is 0.231. The third-order valence-corrected chi connectivity index (χ3v) is 5.92. The van der Waals surface area contributed by atoms with Gasteiger partial charge in [-0.1, -0.05) is 24.3 Å². The SMILES string of the molecule is COc1ccc2nc(C)c(C(=O)NCCOc3ccc(N4Cc5ccccc5C4)cc3)n2c1. The summed E-state index contributed by atoms with van der Waals surface area (Å²) in [5.74, 6) is 1.25. The molecule has 4 aromatic rings. The van der Waals surface area contributed by atoms with Crippen molar-refractivity contribution in [2.24, 2.45) is 0 Å². The van der Waals surface area contributed by atoms with E-state index in [1.54, 1.807) is 17.7 Å². The van der Waals surface area contributed by atoms with E-state index in [1.807, 2.05) is 31.2 Å². The molecule has 33 heavy (non-hydrogen) atoms. The number of methoxy groups -OCH3 is 1. The lowest BCUT2D eigenvalue weighted by Crippen LogP contribution is -2.29. The lowest BCUT2D eigenvalue weighted by atomic mass is 10.1. The average molecular weight is 443 g/mol. The Hall–Kier alpha value is -4.00. The van der Waals surface area contributed by atoms with Crippen molar-refractivity contribution in [2.45, 2.75) is 20.0 Å². The first-order chi connectivity index (χ1) is 16.1. The number of rotatable bonds is 7. The van der Waals surface area contributed by atoms with Crippen molar-refractivity contribution in [1.82, 2.24) is 14.7 Å². The summed E-state index contributed by atoms with van der Waals surface area (Å²) in [6.45, 7) is 4.44. The van der Waals surface area contributed by atoms with Gasteiger partial charge in [-0.2, -0.15) is 0 Å². The van der Waals surface area contributed by atoms with E-state index >= 15 is 0 Å². The number of carbonyl (C=O) groups is 1. The van der Waals surface area contributed by atoms with Crippen LogP contribution in [0.15, 0.2) is 66.9 Å². The summed E-state index contributed by atoms with van der Waals surface area (Å²) < 4.78 is 12.8. The van der Waals surface area contributed by atoms with Gasteiger partial charge in [-0.3, -0.25) is 9.20 Å². The van der Waals surface area contributed by atoms with Crippen molar-refractivity contribution in [3.05, 3.63) is 89.4 Å². The number of nitrogens with zero attached hydrogens (tertiary/aromatic N) is 3. The van der Waals surface area contributed by atoms with Crippen LogP contribution in [0.3, 0.4) is 0 Å². The minimum atomic E-state index is -0.194. The van der Waals surface area contributed by atoms with Crippen LogP contribution >= 0.6 is 0 Å². The zero-order valence-corrected chi connectivity index (χ0v) is 18.7. The second-order valence-electron chi connectivity index (χ2n) is 8.07. The number of hydrogen-bond donors (Lipinski definition) is 1. The number of fused-ring (bicyclic) bond motifs is 2. The van der Waals surface area contributed by atoms with Crippen molar-refractivity contribution >= 4 is 17.2 Å². The molecule has 1 aliphatic heterocycles. The molecule has 0 atom stereocenters. The van der Waals surface area contributed by atoms with Gasteiger partial charge in [-0.25, -0.2) is 4.98 Å². The molecule has 0 fully saturated rings. The number of imidazole rings is 1. The maximum Gasteiger partial charge on any atom is 0.270 e. The van der Waals surface area contributed by atoms with Crippen LogP contribution in [-0.2, 0) is 13.1 Å². The number of anilines is 1. The highest BCUT2D eigenvalue weighted by Gasteiger charge is 2.19. The van der Waals surface area contributed by atoms with Gasteiger partial charge in [0.05, 0.1) is 25.5 Å². The minimum Gasteiger partial charge on any atom is -0.495 e. The number of carbonyl (C=O) groups excluding carboxylic acids is 1. The van der Waals surface area contributed by atoms with Gasteiger partial charge in [0.1, 0.15) is 29.4 Å². The molecule has 3 heterocycles. The third-order valence-electron chi connectivity index (χ3n) is 5.92. The molecule has 5 rings (SSSR count). The van der Waals surface area contributed by atoms with Gasteiger partial charge in [-0.15, -0.1) is 0 Å². The summed E-state index contributed by atoms with van der Waals surface area (Å²) >= 11 is 0. The van der Waals surface area contributed by atoms with Crippen LogP contribution < -0.4 is 19.7 Å². The van der Waals surface area contributed by atoms with Gasteiger partial charge in [0.25, 0.3) is 5.91 Å². The van der Waals surface area contributed by atoms with Gasteiger partial charge < -0.3 is 19.7 Å². The Morgan fingerprint density at radius 2 is 1.70 bits per heavy atom. The van der Waals surface area contributed by atoms with Crippen molar-refractivity contribution in [2.75, 3.05) is 25.2 Å². The van der Waals surface area contributed by atoms with E-state index < -0.39 is 0 Å². The zero-order valence-electron chi connectivity index (χ0n) is 18.7. The molecule has 0 aliphatic carbocycles. The molecule has 1 amide bonds. The molecule has 1 N–H and O–H groups in total. The molecule has 0 saturated carbocycles. The maximum atomic E-state index is 12.8. The van der Waals surface area contributed by atoms with E-state index in [4.69, 9.17) is 9.47 Å². The first-order valence-electron chi connectivity index (χ1n) is 11.0. The monoisotopic (exact) mass is 442 g/mol. The summed E-state index contributed by atoms with van der Waals surface area (Å²) in [6, 6.07) is 20.3. The Labute approximate surface area is 192 Å². The number of ether oxygens (including phenoxy) is 2. The Bertz CT molecular complexity index is 1270.